The molecule has 0 N–H and O–H groups in total. The van der Waals surface area contributed by atoms with Crippen LogP contribution >= 0.6 is 64.6 Å². The summed E-state index contributed by atoms with van der Waals surface area (Å²) in [4.78, 5) is 2.53. The summed E-state index contributed by atoms with van der Waals surface area (Å²) < 4.78 is 2.49. The van der Waals surface area contributed by atoms with E-state index in [1.54, 1.807) is 0 Å². The molecule has 1 aliphatic carbocycles. The maximum absolute atomic E-state index is 6.56. The van der Waals surface area contributed by atoms with Gasteiger partial charge in [-0.3, -0.25) is 4.90 Å². The molecule has 2 atom stereocenters. The Hall–Kier alpha value is 2.48. The van der Waals surface area contributed by atoms with Crippen LogP contribution in [0.5, 0.6) is 0 Å². The van der Waals surface area contributed by atoms with E-state index in [4.69, 9.17) is 64.6 Å². The monoisotopic (exact) mass is 604 g/mol. The van der Waals surface area contributed by atoms with Crippen LogP contribution in [0, 0.1) is 0 Å². The fourth-order valence-electron chi connectivity index (χ4n) is 3.24. The van der Waals surface area contributed by atoms with E-state index in [2.05, 4.69) is 64.9 Å². The van der Waals surface area contributed by atoms with Crippen LogP contribution in [0.25, 0.3) is 0 Å². The molecule has 0 heterocycles. The van der Waals surface area contributed by atoms with Crippen molar-refractivity contribution in [2.75, 3.05) is 0 Å². The van der Waals surface area contributed by atoms with Crippen molar-refractivity contribution in [3.8, 4) is 0 Å². The third-order valence-corrected chi connectivity index (χ3v) is 4.14. The number of nitrogens with zero attached hydrogens (tertiary/aromatic N) is 2. The molecule has 0 amide bonds. The Kier molecular flexibility index (Phi) is 9.55. The molecule has 0 aromatic heterocycles. The molecule has 0 aromatic carbocycles. The van der Waals surface area contributed by atoms with Crippen molar-refractivity contribution in [2.24, 2.45) is 0 Å². The Balaban J connectivity index is 0.000000697. The second-order valence-corrected chi connectivity index (χ2v) is 64.8. The first-order valence-corrected chi connectivity index (χ1v) is 28.1. The molecule has 25 heavy (non-hydrogen) atoms. The molecular formula is C15H30Cl7N2Sb. The minimum absolute atomic E-state index is 0.194. The standard InChI is InChI=1S/C15H30ClN2.6ClH.Sb/c1-9(2)17(10(3)4)14-13(16)15(14)18(11(5)6)12(7)8;;;;;;;/h9-14H,1-8H3;6*1H;/q+1;;;;;;;+5/p-6. The van der Waals surface area contributed by atoms with Crippen LogP contribution in [0.4, 0.5) is 0 Å². The van der Waals surface area contributed by atoms with E-state index in [-0.39, 0.29) is 5.38 Å². The van der Waals surface area contributed by atoms with E-state index in [0.29, 0.717) is 30.2 Å². The SMILES string of the molecule is CC(C)N(C(C)C)C1C(=[N+](C(C)C)C(C)C)C1Cl.[Cl][Sb-]([Cl])([Cl])([Cl])([Cl])[Cl]. The first kappa shape index (κ1) is 27.5. The Bertz CT molecular complexity index is 465. The Morgan fingerprint density at radius 3 is 1.24 bits per heavy atom. The van der Waals surface area contributed by atoms with E-state index < -0.39 is 9.14 Å². The molecule has 154 valence electrons. The average Bonchev–Trinajstić information content (AvgIpc) is 2.83. The number of halogens is 7. The van der Waals surface area contributed by atoms with Gasteiger partial charge in [0, 0.05) is 12.1 Å². The van der Waals surface area contributed by atoms with Gasteiger partial charge in [-0.1, -0.05) is 0 Å². The molecule has 0 spiro atoms. The van der Waals surface area contributed by atoms with Gasteiger partial charge in [-0.15, -0.1) is 11.6 Å². The van der Waals surface area contributed by atoms with Crippen molar-refractivity contribution < 1.29 is 4.58 Å². The van der Waals surface area contributed by atoms with Crippen LogP contribution in [-0.2, 0) is 0 Å². The van der Waals surface area contributed by atoms with Gasteiger partial charge >= 0.3 is 62.1 Å². The summed E-state index contributed by atoms with van der Waals surface area (Å²) in [5.74, 6) is 0. The molecule has 1 fully saturated rings. The van der Waals surface area contributed by atoms with Gasteiger partial charge in [-0.05, 0) is 55.4 Å². The minimum atomic E-state index is -5.42. The molecule has 0 bridgehead atoms. The second-order valence-electron chi connectivity index (χ2n) is 7.46. The molecular weight excluding hydrogens is 578 g/mol. The summed E-state index contributed by atoms with van der Waals surface area (Å²) in [7, 11) is 25.0. The molecule has 1 saturated carbocycles. The average molecular weight is 608 g/mol. The predicted molar refractivity (Wildman–Crippen MR) is 122 cm³/mol. The van der Waals surface area contributed by atoms with E-state index >= 15 is 0 Å². The molecule has 0 aromatic rings. The number of hydrogen-bond donors (Lipinski definition) is 0. The maximum atomic E-state index is 6.56. The molecule has 0 radical (unpaired) electrons. The van der Waals surface area contributed by atoms with Crippen LogP contribution in [0.1, 0.15) is 55.4 Å². The molecule has 10 heteroatoms. The summed E-state index contributed by atoms with van der Waals surface area (Å²) in [5, 5.41) is 0.194. The normalized spacial score (nSPS) is 23.8. The van der Waals surface area contributed by atoms with Gasteiger partial charge in [0.1, 0.15) is 23.5 Å². The summed E-state index contributed by atoms with van der Waals surface area (Å²) in [6.45, 7) is 18.0. The van der Waals surface area contributed by atoms with Crippen molar-refractivity contribution in [2.45, 2.75) is 91.0 Å². The van der Waals surface area contributed by atoms with E-state index in [0.717, 1.165) is 0 Å². The topological polar surface area (TPSA) is 6.25 Å². The van der Waals surface area contributed by atoms with Crippen LogP contribution < -0.4 is 0 Å². The third kappa shape index (κ3) is 11.9. The van der Waals surface area contributed by atoms with E-state index in [1.165, 1.54) is 5.71 Å². The zero-order chi connectivity index (χ0) is 20.6. The molecule has 1 aliphatic rings. The van der Waals surface area contributed by atoms with Crippen molar-refractivity contribution in [3.05, 3.63) is 0 Å². The molecule has 0 aliphatic heterocycles. The van der Waals surface area contributed by atoms with Crippen LogP contribution in [-0.4, -0.2) is 59.9 Å². The van der Waals surface area contributed by atoms with Crippen LogP contribution in [0.3, 0.4) is 0 Å². The number of hydrogen-bond acceptors (Lipinski definition) is 1. The molecule has 1 rings (SSSR count). The summed E-state index contributed by atoms with van der Waals surface area (Å²) in [6, 6.07) is 2.54. The van der Waals surface area contributed by atoms with Gasteiger partial charge in [-0.25, -0.2) is 4.58 Å². The van der Waals surface area contributed by atoms with Gasteiger partial charge in [0.25, 0.3) is 0 Å². The predicted octanol–water partition coefficient (Wildman–Crippen LogP) is 7.12. The van der Waals surface area contributed by atoms with Crippen LogP contribution in [0.15, 0.2) is 0 Å². The van der Waals surface area contributed by atoms with Gasteiger partial charge in [0.15, 0.2) is 5.71 Å². The van der Waals surface area contributed by atoms with Gasteiger partial charge in [-0.2, -0.15) is 0 Å². The van der Waals surface area contributed by atoms with Gasteiger partial charge in [0.2, 0.25) is 0 Å². The van der Waals surface area contributed by atoms with Crippen molar-refractivity contribution >= 4 is 79.4 Å². The Morgan fingerprint density at radius 2 is 1.04 bits per heavy atom. The quantitative estimate of drug-likeness (QED) is 0.183. The van der Waals surface area contributed by atoms with Crippen molar-refractivity contribution in [1.29, 1.82) is 0 Å². The molecule has 2 unspecified atom stereocenters. The Labute approximate surface area is 178 Å². The summed E-state index contributed by atoms with van der Waals surface area (Å²) in [6.07, 6.45) is 0. The number of alkyl halides is 1. The third-order valence-electron chi connectivity index (χ3n) is 3.68. The fourth-order valence-corrected chi connectivity index (χ4v) is 3.66. The van der Waals surface area contributed by atoms with E-state index in [1.807, 2.05) is 0 Å². The fraction of sp³-hybridized carbons (Fsp3) is 0.933. The van der Waals surface area contributed by atoms with Gasteiger partial charge < -0.3 is 0 Å². The van der Waals surface area contributed by atoms with Crippen molar-refractivity contribution in [3.63, 3.8) is 0 Å². The zero-order valence-electron chi connectivity index (χ0n) is 16.0. The number of rotatable bonds is 5. The Morgan fingerprint density at radius 1 is 0.760 bits per heavy atom. The first-order valence-electron chi connectivity index (χ1n) is 8.28. The zero-order valence-corrected chi connectivity index (χ0v) is 23.8. The van der Waals surface area contributed by atoms with E-state index in [9.17, 15) is 0 Å². The van der Waals surface area contributed by atoms with Crippen molar-refractivity contribution in [1.82, 2.24) is 4.90 Å². The molecule has 2 nitrogen and oxygen atoms in total. The van der Waals surface area contributed by atoms with Gasteiger partial charge in [0.05, 0.1) is 0 Å². The summed E-state index contributed by atoms with van der Waals surface area (Å²) in [5.41, 5.74) is 1.42. The van der Waals surface area contributed by atoms with Crippen LogP contribution in [0.2, 0.25) is 0 Å². The first-order chi connectivity index (χ1) is 10.6. The second kappa shape index (κ2) is 8.69. The molecule has 0 saturated heterocycles. The summed E-state index contributed by atoms with van der Waals surface area (Å²) >= 11 is 6.56.